The number of carbonyl (C=O) groups is 1. The Bertz CT molecular complexity index is 434. The van der Waals surface area contributed by atoms with Crippen LogP contribution in [0.4, 0.5) is 5.69 Å². The van der Waals surface area contributed by atoms with Gasteiger partial charge in [0.2, 0.25) is 5.91 Å². The predicted molar refractivity (Wildman–Crippen MR) is 77.3 cm³/mol. The van der Waals surface area contributed by atoms with Gasteiger partial charge in [0.25, 0.3) is 0 Å². The van der Waals surface area contributed by atoms with E-state index >= 15 is 0 Å². The van der Waals surface area contributed by atoms with Crippen LogP contribution in [0.5, 0.6) is 5.75 Å². The molecule has 2 rings (SSSR count). The number of aromatic hydroxyl groups is 1. The van der Waals surface area contributed by atoms with Crippen molar-refractivity contribution < 1.29 is 9.90 Å². The average Bonchev–Trinajstić information content (AvgIpc) is 2.62. The Labute approximate surface area is 115 Å². The number of benzene rings is 1. The topological polar surface area (TPSA) is 49.3 Å². The number of carbonyl (C=O) groups excluding carboxylic acids is 1. The molecule has 1 aromatic rings. The van der Waals surface area contributed by atoms with Gasteiger partial charge in [-0.1, -0.05) is 31.7 Å². The fourth-order valence-corrected chi connectivity index (χ4v) is 2.73. The molecule has 1 saturated carbocycles. The van der Waals surface area contributed by atoms with E-state index in [9.17, 15) is 9.90 Å². The number of nitrogens with one attached hydrogen (secondary N) is 1. The smallest absolute Gasteiger partial charge is 0.224 e. The molecule has 2 N–H and O–H groups in total. The third-order valence-corrected chi connectivity index (χ3v) is 3.94. The number of hydrogen-bond acceptors (Lipinski definition) is 2. The summed E-state index contributed by atoms with van der Waals surface area (Å²) in [7, 11) is 0. The summed E-state index contributed by atoms with van der Waals surface area (Å²) in [4.78, 5) is 12.0. The van der Waals surface area contributed by atoms with Crippen LogP contribution in [0, 0.1) is 12.8 Å². The average molecular weight is 261 g/mol. The summed E-state index contributed by atoms with van der Waals surface area (Å²) in [6.45, 7) is 1.84. The van der Waals surface area contributed by atoms with Gasteiger partial charge < -0.3 is 10.4 Å². The molecule has 3 nitrogen and oxygen atoms in total. The van der Waals surface area contributed by atoms with E-state index in [1.165, 1.54) is 38.5 Å². The SMILES string of the molecule is Cc1ccc(NC(=O)CC2CCCCCC2)cc1O. The zero-order valence-electron chi connectivity index (χ0n) is 11.6. The van der Waals surface area contributed by atoms with Crippen molar-refractivity contribution in [3.63, 3.8) is 0 Å². The van der Waals surface area contributed by atoms with Crippen LogP contribution in [-0.4, -0.2) is 11.0 Å². The normalized spacial score (nSPS) is 16.9. The Hall–Kier alpha value is -1.51. The highest BCUT2D eigenvalue weighted by Crippen LogP contribution is 2.26. The number of amides is 1. The molecule has 0 spiro atoms. The molecule has 1 aliphatic rings. The summed E-state index contributed by atoms with van der Waals surface area (Å²) < 4.78 is 0. The minimum atomic E-state index is 0.0650. The van der Waals surface area contributed by atoms with Crippen LogP contribution in [0.2, 0.25) is 0 Å². The van der Waals surface area contributed by atoms with Crippen molar-refractivity contribution in [2.45, 2.75) is 51.9 Å². The van der Waals surface area contributed by atoms with Gasteiger partial charge in [0.05, 0.1) is 0 Å². The van der Waals surface area contributed by atoms with Crippen molar-refractivity contribution in [3.8, 4) is 5.75 Å². The summed E-state index contributed by atoms with van der Waals surface area (Å²) in [5.41, 5.74) is 1.50. The first kappa shape index (κ1) is 13.9. The van der Waals surface area contributed by atoms with Gasteiger partial charge >= 0.3 is 0 Å². The van der Waals surface area contributed by atoms with Gasteiger partial charge in [-0.05, 0) is 37.3 Å². The highest BCUT2D eigenvalue weighted by atomic mass is 16.3. The van der Waals surface area contributed by atoms with Gasteiger partial charge in [-0.3, -0.25) is 4.79 Å². The third-order valence-electron chi connectivity index (χ3n) is 3.94. The molecule has 0 aliphatic heterocycles. The van der Waals surface area contributed by atoms with E-state index in [1.54, 1.807) is 6.07 Å². The van der Waals surface area contributed by atoms with Crippen LogP contribution >= 0.6 is 0 Å². The molecule has 1 aromatic carbocycles. The lowest BCUT2D eigenvalue weighted by molar-refractivity contribution is -0.117. The van der Waals surface area contributed by atoms with Crippen LogP contribution in [0.1, 0.15) is 50.5 Å². The number of hydrogen-bond donors (Lipinski definition) is 2. The van der Waals surface area contributed by atoms with E-state index in [-0.39, 0.29) is 11.7 Å². The second kappa shape index (κ2) is 6.60. The number of aryl methyl sites for hydroxylation is 1. The van der Waals surface area contributed by atoms with E-state index < -0.39 is 0 Å². The van der Waals surface area contributed by atoms with Crippen molar-refractivity contribution in [3.05, 3.63) is 23.8 Å². The van der Waals surface area contributed by atoms with Gasteiger partial charge in [-0.15, -0.1) is 0 Å². The van der Waals surface area contributed by atoms with Crippen LogP contribution in [0.15, 0.2) is 18.2 Å². The highest BCUT2D eigenvalue weighted by molar-refractivity contribution is 5.91. The molecule has 0 aromatic heterocycles. The molecule has 3 heteroatoms. The number of anilines is 1. The summed E-state index contributed by atoms with van der Waals surface area (Å²) in [5.74, 6) is 0.823. The predicted octanol–water partition coefficient (Wildman–Crippen LogP) is 4.00. The Morgan fingerprint density at radius 1 is 1.26 bits per heavy atom. The molecule has 104 valence electrons. The number of phenolic OH excluding ortho intramolecular Hbond substituents is 1. The number of rotatable bonds is 3. The van der Waals surface area contributed by atoms with E-state index in [2.05, 4.69) is 5.32 Å². The highest BCUT2D eigenvalue weighted by Gasteiger charge is 2.16. The van der Waals surface area contributed by atoms with E-state index in [1.807, 2.05) is 19.1 Å². The Balaban J connectivity index is 1.87. The zero-order chi connectivity index (χ0) is 13.7. The molecule has 0 unspecified atom stereocenters. The van der Waals surface area contributed by atoms with Gasteiger partial charge in [0, 0.05) is 18.2 Å². The van der Waals surface area contributed by atoms with Crippen molar-refractivity contribution in [2.75, 3.05) is 5.32 Å². The van der Waals surface area contributed by atoms with E-state index in [4.69, 9.17) is 0 Å². The molecule has 0 radical (unpaired) electrons. The lowest BCUT2D eigenvalue weighted by atomic mass is 9.96. The standard InChI is InChI=1S/C16H23NO2/c1-12-8-9-14(11-15(12)18)17-16(19)10-13-6-4-2-3-5-7-13/h8-9,11,13,18H,2-7,10H2,1H3,(H,17,19). The van der Waals surface area contributed by atoms with Crippen LogP contribution in [0.3, 0.4) is 0 Å². The van der Waals surface area contributed by atoms with E-state index in [0.29, 0.717) is 18.0 Å². The van der Waals surface area contributed by atoms with Crippen molar-refractivity contribution in [1.82, 2.24) is 0 Å². The van der Waals surface area contributed by atoms with Crippen LogP contribution in [-0.2, 0) is 4.79 Å². The lowest BCUT2D eigenvalue weighted by Gasteiger charge is -2.14. The second-order valence-electron chi connectivity index (χ2n) is 5.61. The molecule has 1 aliphatic carbocycles. The van der Waals surface area contributed by atoms with Gasteiger partial charge in [-0.25, -0.2) is 0 Å². The van der Waals surface area contributed by atoms with Crippen molar-refractivity contribution in [1.29, 1.82) is 0 Å². The molecular formula is C16H23NO2. The first-order valence-corrected chi connectivity index (χ1v) is 7.24. The molecule has 0 bridgehead atoms. The summed E-state index contributed by atoms with van der Waals surface area (Å²) in [6.07, 6.45) is 8.08. The molecule has 0 atom stereocenters. The monoisotopic (exact) mass is 261 g/mol. The summed E-state index contributed by atoms with van der Waals surface area (Å²) in [5, 5.41) is 12.5. The maximum atomic E-state index is 12.0. The van der Waals surface area contributed by atoms with Gasteiger partial charge in [0.15, 0.2) is 0 Å². The first-order chi connectivity index (χ1) is 9.15. The number of phenols is 1. The van der Waals surface area contributed by atoms with Crippen LogP contribution < -0.4 is 5.32 Å². The molecule has 0 heterocycles. The maximum absolute atomic E-state index is 12.0. The van der Waals surface area contributed by atoms with Crippen molar-refractivity contribution in [2.24, 2.45) is 5.92 Å². The van der Waals surface area contributed by atoms with E-state index in [0.717, 1.165) is 5.56 Å². The minimum Gasteiger partial charge on any atom is -0.508 e. The Morgan fingerprint density at radius 2 is 1.95 bits per heavy atom. The third kappa shape index (κ3) is 4.27. The molecular weight excluding hydrogens is 238 g/mol. The molecule has 0 saturated heterocycles. The summed E-state index contributed by atoms with van der Waals surface area (Å²) >= 11 is 0. The maximum Gasteiger partial charge on any atom is 0.224 e. The summed E-state index contributed by atoms with van der Waals surface area (Å²) in [6, 6.07) is 5.26. The van der Waals surface area contributed by atoms with Gasteiger partial charge in [-0.2, -0.15) is 0 Å². The van der Waals surface area contributed by atoms with Gasteiger partial charge in [0.1, 0.15) is 5.75 Å². The molecule has 1 fully saturated rings. The fraction of sp³-hybridized carbons (Fsp3) is 0.562. The Kier molecular flexibility index (Phi) is 4.83. The largest absolute Gasteiger partial charge is 0.508 e. The first-order valence-electron chi connectivity index (χ1n) is 7.24. The minimum absolute atomic E-state index is 0.0650. The Morgan fingerprint density at radius 3 is 2.58 bits per heavy atom. The quantitative estimate of drug-likeness (QED) is 0.808. The van der Waals surface area contributed by atoms with Crippen molar-refractivity contribution >= 4 is 11.6 Å². The van der Waals surface area contributed by atoms with Crippen LogP contribution in [0.25, 0.3) is 0 Å². The fourth-order valence-electron chi connectivity index (χ4n) is 2.73. The molecule has 19 heavy (non-hydrogen) atoms. The zero-order valence-corrected chi connectivity index (χ0v) is 11.6. The molecule has 1 amide bonds. The second-order valence-corrected chi connectivity index (χ2v) is 5.61. The lowest BCUT2D eigenvalue weighted by Crippen LogP contribution is -2.16.